The SMILES string of the molecule is CCn1nc(C)c2c(C(=O)Nc3c(C)nn(COC)c3C)cc(C)nc21. The van der Waals surface area contributed by atoms with Crippen molar-refractivity contribution in [1.82, 2.24) is 24.5 Å². The highest BCUT2D eigenvalue weighted by Gasteiger charge is 2.21. The number of nitrogens with one attached hydrogen (secondary N) is 1. The number of ether oxygens (including phenoxy) is 1. The van der Waals surface area contributed by atoms with E-state index in [0.717, 1.165) is 33.8 Å². The molecule has 3 heterocycles. The van der Waals surface area contributed by atoms with E-state index in [1.54, 1.807) is 17.9 Å². The fourth-order valence-electron chi connectivity index (χ4n) is 3.18. The molecule has 0 saturated heterocycles. The molecule has 0 unspecified atom stereocenters. The van der Waals surface area contributed by atoms with E-state index >= 15 is 0 Å². The predicted octanol–water partition coefficient (Wildman–Crippen LogP) is 2.74. The largest absolute Gasteiger partial charge is 0.362 e. The van der Waals surface area contributed by atoms with Crippen LogP contribution in [0.15, 0.2) is 6.07 Å². The van der Waals surface area contributed by atoms with Crippen LogP contribution in [0.3, 0.4) is 0 Å². The van der Waals surface area contributed by atoms with Crippen LogP contribution in [0, 0.1) is 27.7 Å². The van der Waals surface area contributed by atoms with Crippen LogP contribution in [-0.4, -0.2) is 37.6 Å². The van der Waals surface area contributed by atoms with Gasteiger partial charge in [-0.25, -0.2) is 14.3 Å². The molecule has 8 nitrogen and oxygen atoms in total. The fourth-order valence-corrected chi connectivity index (χ4v) is 3.18. The Balaban J connectivity index is 2.05. The van der Waals surface area contributed by atoms with E-state index in [9.17, 15) is 4.79 Å². The Morgan fingerprint density at radius 1 is 1.15 bits per heavy atom. The Morgan fingerprint density at radius 3 is 2.50 bits per heavy atom. The second-order valence-electron chi connectivity index (χ2n) is 6.33. The molecule has 0 aliphatic heterocycles. The third-order valence-electron chi connectivity index (χ3n) is 4.42. The third-order valence-corrected chi connectivity index (χ3v) is 4.42. The molecule has 0 saturated carbocycles. The van der Waals surface area contributed by atoms with Gasteiger partial charge in [0.25, 0.3) is 5.91 Å². The van der Waals surface area contributed by atoms with Gasteiger partial charge < -0.3 is 10.1 Å². The number of amides is 1. The van der Waals surface area contributed by atoms with Crippen LogP contribution in [-0.2, 0) is 18.0 Å². The summed E-state index contributed by atoms with van der Waals surface area (Å²) in [6.07, 6.45) is 0. The number of hydrogen-bond donors (Lipinski definition) is 1. The lowest BCUT2D eigenvalue weighted by molar-refractivity contribution is 0.102. The van der Waals surface area contributed by atoms with Crippen LogP contribution >= 0.6 is 0 Å². The van der Waals surface area contributed by atoms with Gasteiger partial charge in [-0.2, -0.15) is 10.2 Å². The maximum Gasteiger partial charge on any atom is 0.256 e. The molecule has 8 heteroatoms. The third kappa shape index (κ3) is 2.96. The molecule has 3 aromatic rings. The Morgan fingerprint density at radius 2 is 1.85 bits per heavy atom. The van der Waals surface area contributed by atoms with Crippen LogP contribution < -0.4 is 5.32 Å². The predicted molar refractivity (Wildman–Crippen MR) is 99.3 cm³/mol. The van der Waals surface area contributed by atoms with Gasteiger partial charge in [0.15, 0.2) is 5.65 Å². The Bertz CT molecular complexity index is 986. The smallest absolute Gasteiger partial charge is 0.256 e. The molecule has 1 amide bonds. The van der Waals surface area contributed by atoms with Gasteiger partial charge in [-0.3, -0.25) is 4.79 Å². The number of hydrogen-bond acceptors (Lipinski definition) is 5. The van der Waals surface area contributed by atoms with Crippen molar-refractivity contribution in [2.45, 2.75) is 47.9 Å². The van der Waals surface area contributed by atoms with Gasteiger partial charge in [0, 0.05) is 19.3 Å². The van der Waals surface area contributed by atoms with Crippen LogP contribution in [0.4, 0.5) is 5.69 Å². The summed E-state index contributed by atoms with van der Waals surface area (Å²) in [4.78, 5) is 17.6. The van der Waals surface area contributed by atoms with E-state index in [1.165, 1.54) is 0 Å². The highest BCUT2D eigenvalue weighted by molar-refractivity contribution is 6.13. The van der Waals surface area contributed by atoms with Crippen molar-refractivity contribution in [1.29, 1.82) is 0 Å². The van der Waals surface area contributed by atoms with Crippen molar-refractivity contribution in [2.75, 3.05) is 12.4 Å². The summed E-state index contributed by atoms with van der Waals surface area (Å²) < 4.78 is 8.68. The lowest BCUT2D eigenvalue weighted by Gasteiger charge is -2.09. The molecule has 0 fully saturated rings. The summed E-state index contributed by atoms with van der Waals surface area (Å²) in [5.41, 5.74) is 5.18. The van der Waals surface area contributed by atoms with Crippen molar-refractivity contribution in [2.24, 2.45) is 0 Å². The average Bonchev–Trinajstić information content (AvgIpc) is 3.05. The quantitative estimate of drug-likeness (QED) is 0.759. The first-order chi connectivity index (χ1) is 12.4. The van der Waals surface area contributed by atoms with E-state index in [2.05, 4.69) is 20.5 Å². The maximum absolute atomic E-state index is 13.1. The Kier molecular flexibility index (Phi) is 4.78. The second kappa shape index (κ2) is 6.87. The van der Waals surface area contributed by atoms with E-state index in [4.69, 9.17) is 4.74 Å². The molecule has 0 spiro atoms. The zero-order valence-corrected chi connectivity index (χ0v) is 16.0. The van der Waals surface area contributed by atoms with Crippen molar-refractivity contribution >= 4 is 22.6 Å². The first-order valence-corrected chi connectivity index (χ1v) is 8.56. The molecule has 0 aromatic carbocycles. The normalized spacial score (nSPS) is 11.3. The molecule has 0 atom stereocenters. The van der Waals surface area contributed by atoms with Crippen molar-refractivity contribution in [3.63, 3.8) is 0 Å². The van der Waals surface area contributed by atoms with E-state index in [-0.39, 0.29) is 5.91 Å². The van der Waals surface area contributed by atoms with Gasteiger partial charge >= 0.3 is 0 Å². The highest BCUT2D eigenvalue weighted by Crippen LogP contribution is 2.25. The summed E-state index contributed by atoms with van der Waals surface area (Å²) in [6.45, 7) is 10.6. The minimum Gasteiger partial charge on any atom is -0.362 e. The number of nitrogens with zero attached hydrogens (tertiary/aromatic N) is 5. The topological polar surface area (TPSA) is 86.9 Å². The molecule has 1 N–H and O–H groups in total. The second-order valence-corrected chi connectivity index (χ2v) is 6.33. The number of carbonyl (C=O) groups is 1. The number of pyridine rings is 1. The molecule has 0 bridgehead atoms. The molecule has 3 rings (SSSR count). The Labute approximate surface area is 152 Å². The lowest BCUT2D eigenvalue weighted by atomic mass is 10.1. The van der Waals surface area contributed by atoms with E-state index in [1.807, 2.05) is 39.3 Å². The molecule has 26 heavy (non-hydrogen) atoms. The number of anilines is 1. The van der Waals surface area contributed by atoms with Gasteiger partial charge in [-0.05, 0) is 40.7 Å². The monoisotopic (exact) mass is 356 g/mol. The van der Waals surface area contributed by atoms with Crippen LogP contribution in [0.2, 0.25) is 0 Å². The number of aromatic nitrogens is 5. The summed E-state index contributed by atoms with van der Waals surface area (Å²) in [7, 11) is 1.61. The van der Waals surface area contributed by atoms with E-state index < -0.39 is 0 Å². The van der Waals surface area contributed by atoms with Crippen LogP contribution in [0.5, 0.6) is 0 Å². The number of fused-ring (bicyclic) bond motifs is 1. The molecular formula is C18H24N6O2. The maximum atomic E-state index is 13.1. The summed E-state index contributed by atoms with van der Waals surface area (Å²) in [5.74, 6) is -0.192. The zero-order chi connectivity index (χ0) is 19.0. The average molecular weight is 356 g/mol. The molecule has 0 aliphatic rings. The van der Waals surface area contributed by atoms with Crippen LogP contribution in [0.1, 0.15) is 40.1 Å². The highest BCUT2D eigenvalue weighted by atomic mass is 16.5. The molecular weight excluding hydrogens is 332 g/mol. The standard InChI is InChI=1S/C18H24N6O2/c1-7-23-17-15(11(3)21-23)14(8-10(2)19-17)18(25)20-16-12(4)22-24(9-26-6)13(16)5/h8H,7,9H2,1-6H3,(H,20,25). The number of methoxy groups -OCH3 is 1. The number of aryl methyl sites for hydroxylation is 4. The van der Waals surface area contributed by atoms with Gasteiger partial charge in [-0.15, -0.1) is 0 Å². The van der Waals surface area contributed by atoms with Crippen LogP contribution in [0.25, 0.3) is 11.0 Å². The molecule has 0 aliphatic carbocycles. The number of rotatable bonds is 5. The minimum atomic E-state index is -0.192. The van der Waals surface area contributed by atoms with Gasteiger partial charge in [0.05, 0.1) is 33.7 Å². The van der Waals surface area contributed by atoms with Gasteiger partial charge in [0.1, 0.15) is 6.73 Å². The van der Waals surface area contributed by atoms with E-state index in [0.29, 0.717) is 24.5 Å². The Hall–Kier alpha value is -2.74. The fraction of sp³-hybridized carbons (Fsp3) is 0.444. The first-order valence-electron chi connectivity index (χ1n) is 8.56. The van der Waals surface area contributed by atoms with Crippen molar-refractivity contribution in [3.05, 3.63) is 34.4 Å². The summed E-state index contributed by atoms with van der Waals surface area (Å²) in [6, 6.07) is 1.80. The molecule has 3 aromatic heterocycles. The molecule has 0 radical (unpaired) electrons. The van der Waals surface area contributed by atoms with Crippen molar-refractivity contribution in [3.8, 4) is 0 Å². The molecule has 138 valence electrons. The van der Waals surface area contributed by atoms with Crippen molar-refractivity contribution < 1.29 is 9.53 Å². The van der Waals surface area contributed by atoms with Gasteiger partial charge in [0.2, 0.25) is 0 Å². The van der Waals surface area contributed by atoms with Gasteiger partial charge in [-0.1, -0.05) is 0 Å². The number of carbonyl (C=O) groups excluding carboxylic acids is 1. The lowest BCUT2D eigenvalue weighted by Crippen LogP contribution is -2.15. The first kappa shape index (κ1) is 18.1. The minimum absolute atomic E-state index is 0.192. The summed E-state index contributed by atoms with van der Waals surface area (Å²) >= 11 is 0. The summed E-state index contributed by atoms with van der Waals surface area (Å²) in [5, 5.41) is 12.7. The zero-order valence-electron chi connectivity index (χ0n) is 16.0.